The van der Waals surface area contributed by atoms with Gasteiger partial charge in [-0.3, -0.25) is 9.36 Å². The summed E-state index contributed by atoms with van der Waals surface area (Å²) in [6.07, 6.45) is 7.03. The van der Waals surface area contributed by atoms with Crippen LogP contribution in [-0.2, 0) is 7.05 Å². The number of hydrogen-bond donors (Lipinski definition) is 0. The lowest BCUT2D eigenvalue weighted by molar-refractivity contribution is 0.190. The number of fused-ring (bicyclic) bond motifs is 1. The number of rotatable bonds is 7. The number of likely N-dealkylation sites (tertiary alicyclic amines) is 1. The highest BCUT2D eigenvalue weighted by atomic mass is 16.5. The Kier molecular flexibility index (Phi) is 9.72. The fraction of sp³-hybridized carbons (Fsp3) is 0.394. The number of para-hydroxylation sites is 1. The van der Waals surface area contributed by atoms with Gasteiger partial charge in [-0.15, -0.1) is 0 Å². The van der Waals surface area contributed by atoms with Crippen LogP contribution in [0.15, 0.2) is 77.6 Å². The largest absolute Gasteiger partial charge is 0.496 e. The molecule has 0 unspecified atom stereocenters. The molecule has 38 heavy (non-hydrogen) atoms. The molecule has 0 amide bonds. The summed E-state index contributed by atoms with van der Waals surface area (Å²) < 4.78 is 7.01. The molecule has 4 aromatic rings. The molecule has 0 aliphatic carbocycles. The van der Waals surface area contributed by atoms with E-state index in [-0.39, 0.29) is 5.56 Å². The maximum atomic E-state index is 13.0. The van der Waals surface area contributed by atoms with E-state index in [0.717, 1.165) is 22.6 Å². The Balaban J connectivity index is 0.000000236. The van der Waals surface area contributed by atoms with Crippen LogP contribution in [0.5, 0.6) is 5.75 Å². The fourth-order valence-electron chi connectivity index (χ4n) is 5.21. The summed E-state index contributed by atoms with van der Waals surface area (Å²) in [5.41, 5.74) is 3.47. The van der Waals surface area contributed by atoms with Crippen LogP contribution in [0.4, 0.5) is 0 Å². The van der Waals surface area contributed by atoms with E-state index in [1.807, 2.05) is 72.8 Å². The Morgan fingerprint density at radius 3 is 2.24 bits per heavy atom. The molecule has 2 heterocycles. The average Bonchev–Trinajstić information content (AvgIpc) is 2.99. The van der Waals surface area contributed by atoms with Crippen molar-refractivity contribution in [2.24, 2.45) is 13.0 Å². The first-order valence-electron chi connectivity index (χ1n) is 14.0. The lowest BCUT2D eigenvalue weighted by atomic mass is 10.0. The molecule has 0 atom stereocenters. The maximum Gasteiger partial charge on any atom is 0.261 e. The molecule has 0 saturated carbocycles. The van der Waals surface area contributed by atoms with Gasteiger partial charge in [0.05, 0.1) is 23.6 Å². The topological polar surface area (TPSA) is 47.4 Å². The van der Waals surface area contributed by atoms with E-state index >= 15 is 0 Å². The Morgan fingerprint density at radius 2 is 1.55 bits per heavy atom. The van der Waals surface area contributed by atoms with Gasteiger partial charge in [0, 0.05) is 13.6 Å². The van der Waals surface area contributed by atoms with Crippen molar-refractivity contribution in [2.75, 3.05) is 26.7 Å². The zero-order valence-corrected chi connectivity index (χ0v) is 23.3. The van der Waals surface area contributed by atoms with Crippen molar-refractivity contribution < 1.29 is 4.74 Å². The van der Waals surface area contributed by atoms with Gasteiger partial charge in [-0.2, -0.15) is 0 Å². The van der Waals surface area contributed by atoms with Crippen LogP contribution in [0.3, 0.4) is 0 Å². The fourth-order valence-corrected chi connectivity index (χ4v) is 5.21. The van der Waals surface area contributed by atoms with Crippen LogP contribution < -0.4 is 10.3 Å². The molecule has 5 heteroatoms. The summed E-state index contributed by atoms with van der Waals surface area (Å²) >= 11 is 0. The number of nitrogens with zero attached hydrogens (tertiary/aromatic N) is 3. The molecule has 0 radical (unpaired) electrons. The zero-order valence-electron chi connectivity index (χ0n) is 23.3. The van der Waals surface area contributed by atoms with Gasteiger partial charge in [0.25, 0.3) is 5.56 Å². The highest BCUT2D eigenvalue weighted by Crippen LogP contribution is 2.29. The van der Waals surface area contributed by atoms with Crippen LogP contribution in [0.2, 0.25) is 0 Å². The number of benzene rings is 3. The lowest BCUT2D eigenvalue weighted by Gasteiger charge is -2.29. The van der Waals surface area contributed by atoms with Gasteiger partial charge in [-0.05, 0) is 67.2 Å². The second kappa shape index (κ2) is 13.4. The van der Waals surface area contributed by atoms with Crippen LogP contribution >= 0.6 is 0 Å². The Bertz CT molecular complexity index is 1370. The molecule has 1 saturated heterocycles. The van der Waals surface area contributed by atoms with Crippen LogP contribution in [-0.4, -0.2) is 41.2 Å². The van der Waals surface area contributed by atoms with Crippen LogP contribution in [0, 0.1) is 5.92 Å². The van der Waals surface area contributed by atoms with E-state index in [9.17, 15) is 4.79 Å². The van der Waals surface area contributed by atoms with E-state index in [2.05, 4.69) is 18.7 Å². The maximum absolute atomic E-state index is 13.0. The second-order valence-electron chi connectivity index (χ2n) is 10.1. The Labute approximate surface area is 227 Å². The molecule has 200 valence electrons. The molecule has 3 aromatic carbocycles. The van der Waals surface area contributed by atoms with Crippen LogP contribution in [0.25, 0.3) is 33.4 Å². The van der Waals surface area contributed by atoms with Gasteiger partial charge in [0.2, 0.25) is 0 Å². The van der Waals surface area contributed by atoms with Crippen molar-refractivity contribution in [3.8, 4) is 28.3 Å². The SMILES string of the molecule is CCC(CC)CN1CCCCC1.COc1ccccc1-c1nc2ccc(-c3ccccc3)cc2c(=O)n1C. The quantitative estimate of drug-likeness (QED) is 0.264. The number of methoxy groups -OCH3 is 1. The highest BCUT2D eigenvalue weighted by molar-refractivity contribution is 5.85. The molecular formula is C33H41N3O2. The average molecular weight is 512 g/mol. The second-order valence-corrected chi connectivity index (χ2v) is 10.1. The molecule has 1 aliphatic heterocycles. The summed E-state index contributed by atoms with van der Waals surface area (Å²) in [5, 5.41) is 0.604. The van der Waals surface area contributed by atoms with Crippen molar-refractivity contribution in [1.82, 2.24) is 14.5 Å². The molecule has 5 rings (SSSR count). The number of hydrogen-bond acceptors (Lipinski definition) is 4. The standard InChI is InChI=1S/C22H18N2O2.C11H23N/c1-24-21(17-10-6-7-11-20(17)26-2)23-19-13-12-16(14-18(19)22(24)25)15-8-4-3-5-9-15;1-3-11(4-2)10-12-8-6-5-7-9-12/h3-14H,1-2H3;11H,3-10H2,1-2H3. The lowest BCUT2D eigenvalue weighted by Crippen LogP contribution is -2.33. The summed E-state index contributed by atoms with van der Waals surface area (Å²) in [6.45, 7) is 8.70. The zero-order chi connectivity index (χ0) is 26.9. The molecular weight excluding hydrogens is 470 g/mol. The van der Waals surface area contributed by atoms with Gasteiger partial charge in [-0.1, -0.05) is 81.6 Å². The van der Waals surface area contributed by atoms with E-state index < -0.39 is 0 Å². The minimum absolute atomic E-state index is 0.0753. The number of ether oxygens (including phenoxy) is 1. The normalized spacial score (nSPS) is 13.8. The third-order valence-electron chi connectivity index (χ3n) is 7.65. The minimum Gasteiger partial charge on any atom is -0.496 e. The predicted molar refractivity (Wildman–Crippen MR) is 159 cm³/mol. The van der Waals surface area contributed by atoms with Gasteiger partial charge in [0.15, 0.2) is 0 Å². The highest BCUT2D eigenvalue weighted by Gasteiger charge is 2.15. The Morgan fingerprint density at radius 1 is 0.868 bits per heavy atom. The van der Waals surface area contributed by atoms with E-state index in [4.69, 9.17) is 9.72 Å². The van der Waals surface area contributed by atoms with Crippen LogP contribution in [0.1, 0.15) is 46.0 Å². The first-order chi connectivity index (χ1) is 18.5. The van der Waals surface area contributed by atoms with Gasteiger partial charge in [0.1, 0.15) is 11.6 Å². The molecule has 5 nitrogen and oxygen atoms in total. The van der Waals surface area contributed by atoms with Crippen molar-refractivity contribution in [1.29, 1.82) is 0 Å². The van der Waals surface area contributed by atoms with E-state index in [1.165, 1.54) is 51.7 Å². The monoisotopic (exact) mass is 511 g/mol. The number of piperidine rings is 1. The van der Waals surface area contributed by atoms with E-state index in [1.54, 1.807) is 18.7 Å². The van der Waals surface area contributed by atoms with Crippen molar-refractivity contribution in [3.05, 3.63) is 83.2 Å². The van der Waals surface area contributed by atoms with Crippen molar-refractivity contribution in [2.45, 2.75) is 46.0 Å². The molecule has 1 aromatic heterocycles. The summed E-state index contributed by atoms with van der Waals surface area (Å²) in [5.74, 6) is 2.23. The molecule has 1 fully saturated rings. The molecule has 0 spiro atoms. The third kappa shape index (κ3) is 6.51. The molecule has 1 aliphatic rings. The predicted octanol–water partition coefficient (Wildman–Crippen LogP) is 7.18. The summed E-state index contributed by atoms with van der Waals surface area (Å²) in [7, 11) is 3.36. The summed E-state index contributed by atoms with van der Waals surface area (Å²) in [4.78, 5) is 20.4. The molecule has 0 bridgehead atoms. The first-order valence-corrected chi connectivity index (χ1v) is 14.0. The van der Waals surface area contributed by atoms with Gasteiger partial charge >= 0.3 is 0 Å². The van der Waals surface area contributed by atoms with Gasteiger partial charge < -0.3 is 9.64 Å². The van der Waals surface area contributed by atoms with E-state index in [0.29, 0.717) is 22.5 Å². The van der Waals surface area contributed by atoms with Gasteiger partial charge in [-0.25, -0.2) is 4.98 Å². The van der Waals surface area contributed by atoms with Crippen molar-refractivity contribution >= 4 is 10.9 Å². The smallest absolute Gasteiger partial charge is 0.261 e. The molecule has 0 N–H and O–H groups in total. The Hall–Kier alpha value is -3.44. The third-order valence-corrected chi connectivity index (χ3v) is 7.65. The first kappa shape index (κ1) is 27.6. The summed E-state index contributed by atoms with van der Waals surface area (Å²) in [6, 6.07) is 23.4. The van der Waals surface area contributed by atoms with Crippen molar-refractivity contribution in [3.63, 3.8) is 0 Å². The minimum atomic E-state index is -0.0753. The number of aromatic nitrogens is 2.